The zero-order chi connectivity index (χ0) is 25.2. The third kappa shape index (κ3) is 6.64. The molecule has 5 heteroatoms. The van der Waals surface area contributed by atoms with Gasteiger partial charge in [0.25, 0.3) is 0 Å². The molecule has 182 valence electrons. The summed E-state index contributed by atoms with van der Waals surface area (Å²) in [7, 11) is 0. The smallest absolute Gasteiger partial charge is 0.323 e. The summed E-state index contributed by atoms with van der Waals surface area (Å²) in [5, 5.41) is -0.601. The number of rotatable bonds is 10. The lowest BCUT2D eigenvalue weighted by molar-refractivity contribution is -0.147. The van der Waals surface area contributed by atoms with Crippen molar-refractivity contribution in [3.05, 3.63) is 138 Å². The first kappa shape index (κ1) is 25.3. The predicted octanol–water partition coefficient (Wildman–Crippen LogP) is 6.96. The van der Waals surface area contributed by atoms with Gasteiger partial charge in [-0.05, 0) is 41.3 Å². The Morgan fingerprint density at radius 3 is 1.83 bits per heavy atom. The number of hydrogen-bond acceptors (Lipinski definition) is 5. The number of carbonyl (C=O) groups is 2. The van der Waals surface area contributed by atoms with Crippen LogP contribution in [0, 0.1) is 0 Å². The number of thioether (sulfide) groups is 1. The summed E-state index contributed by atoms with van der Waals surface area (Å²) in [6, 6.07) is 36.6. The molecule has 0 radical (unpaired) electrons. The van der Waals surface area contributed by atoms with Crippen molar-refractivity contribution in [1.82, 2.24) is 0 Å². The Bertz CT molecular complexity index is 1220. The van der Waals surface area contributed by atoms with Crippen LogP contribution in [0.15, 0.2) is 120 Å². The third-order valence-corrected chi connectivity index (χ3v) is 6.85. The molecule has 1 unspecified atom stereocenters. The van der Waals surface area contributed by atoms with E-state index in [1.165, 1.54) is 11.8 Å². The number of hydrogen-bond donors (Lipinski definition) is 0. The second-order valence-electron chi connectivity index (χ2n) is 8.13. The first-order chi connectivity index (χ1) is 17.7. The van der Waals surface area contributed by atoms with Crippen LogP contribution in [0.2, 0.25) is 0 Å². The molecule has 0 saturated carbocycles. The fourth-order valence-corrected chi connectivity index (χ4v) is 5.06. The average Bonchev–Trinajstić information content (AvgIpc) is 2.92. The Hall–Kier alpha value is -3.83. The minimum absolute atomic E-state index is 0.0393. The molecule has 4 aromatic carbocycles. The zero-order valence-electron chi connectivity index (χ0n) is 20.1. The van der Waals surface area contributed by atoms with Gasteiger partial charge in [-0.15, -0.1) is 11.8 Å². The van der Waals surface area contributed by atoms with E-state index in [0.717, 1.165) is 27.1 Å². The lowest BCUT2D eigenvalue weighted by Crippen LogP contribution is -2.18. The lowest BCUT2D eigenvalue weighted by Gasteiger charge is -2.21. The van der Waals surface area contributed by atoms with Gasteiger partial charge in [-0.1, -0.05) is 103 Å². The zero-order valence-corrected chi connectivity index (χ0v) is 20.9. The highest BCUT2D eigenvalue weighted by atomic mass is 32.2. The molecular formula is C31H28O4S. The van der Waals surface area contributed by atoms with Crippen LogP contribution in [0.4, 0.5) is 0 Å². The molecule has 4 rings (SSSR count). The van der Waals surface area contributed by atoms with E-state index in [-0.39, 0.29) is 25.0 Å². The highest BCUT2D eigenvalue weighted by molar-refractivity contribution is 8.00. The predicted molar refractivity (Wildman–Crippen MR) is 143 cm³/mol. The van der Waals surface area contributed by atoms with Gasteiger partial charge in [0.2, 0.25) is 0 Å². The first-order valence-electron chi connectivity index (χ1n) is 11.9. The van der Waals surface area contributed by atoms with Crippen LogP contribution in [0.1, 0.15) is 40.5 Å². The molecule has 4 aromatic rings. The summed E-state index contributed by atoms with van der Waals surface area (Å²) in [6.45, 7) is 2.07. The maximum absolute atomic E-state index is 13.3. The Balaban J connectivity index is 1.59. The molecule has 4 nitrogen and oxygen atoms in total. The van der Waals surface area contributed by atoms with Gasteiger partial charge in [0.1, 0.15) is 5.25 Å². The van der Waals surface area contributed by atoms with Crippen molar-refractivity contribution in [1.29, 1.82) is 0 Å². The summed E-state index contributed by atoms with van der Waals surface area (Å²) in [5.74, 6) is -0.703. The second kappa shape index (κ2) is 12.8. The molecule has 0 aliphatic rings. The van der Waals surface area contributed by atoms with Crippen LogP contribution in [0.5, 0.6) is 0 Å². The molecule has 0 bridgehead atoms. The molecule has 0 amide bonds. The quantitative estimate of drug-likeness (QED) is 0.175. The molecular weight excluding hydrogens is 468 g/mol. The minimum Gasteiger partial charge on any atom is -0.465 e. The molecule has 0 fully saturated rings. The average molecular weight is 497 g/mol. The maximum Gasteiger partial charge on any atom is 0.323 e. The van der Waals surface area contributed by atoms with E-state index in [1.807, 2.05) is 115 Å². The van der Waals surface area contributed by atoms with E-state index in [1.54, 1.807) is 6.92 Å². The van der Waals surface area contributed by atoms with Gasteiger partial charge < -0.3 is 9.47 Å². The fraction of sp³-hybridized carbons (Fsp3) is 0.161. The lowest BCUT2D eigenvalue weighted by atomic mass is 10.00. The summed E-state index contributed by atoms with van der Waals surface area (Å²) in [4.78, 5) is 27.2. The molecule has 0 heterocycles. The molecule has 0 aliphatic heterocycles. The van der Waals surface area contributed by atoms with Crippen LogP contribution in [-0.4, -0.2) is 18.5 Å². The van der Waals surface area contributed by atoms with E-state index in [2.05, 4.69) is 0 Å². The first-order valence-corrected chi connectivity index (χ1v) is 12.8. The second-order valence-corrected chi connectivity index (χ2v) is 9.31. The van der Waals surface area contributed by atoms with Crippen molar-refractivity contribution < 1.29 is 19.1 Å². The van der Waals surface area contributed by atoms with Crippen molar-refractivity contribution in [3.8, 4) is 0 Å². The standard InChI is InChI=1S/C31H28O4S/c1-2-34-31(33)30(36-26-19-10-5-11-20-26)27-21-13-12-18-25(27)22-28(32)35-29(23-14-6-3-7-15-23)24-16-8-4-9-17-24/h3-21,29-30H,2,22H2,1H3. The van der Waals surface area contributed by atoms with Crippen LogP contribution in [0.25, 0.3) is 0 Å². The Morgan fingerprint density at radius 2 is 1.25 bits per heavy atom. The molecule has 1 atom stereocenters. The number of carbonyl (C=O) groups excluding carboxylic acids is 2. The molecule has 0 saturated heterocycles. The van der Waals surface area contributed by atoms with Crippen LogP contribution in [-0.2, 0) is 25.5 Å². The van der Waals surface area contributed by atoms with Crippen LogP contribution in [0.3, 0.4) is 0 Å². The van der Waals surface area contributed by atoms with Gasteiger partial charge >= 0.3 is 11.9 Å². The fourth-order valence-electron chi connectivity index (χ4n) is 3.96. The molecule has 0 aliphatic carbocycles. The van der Waals surface area contributed by atoms with E-state index in [4.69, 9.17) is 9.47 Å². The highest BCUT2D eigenvalue weighted by Crippen LogP contribution is 2.38. The van der Waals surface area contributed by atoms with Crippen molar-refractivity contribution in [2.24, 2.45) is 0 Å². The normalized spacial score (nSPS) is 11.6. The molecule has 0 N–H and O–H groups in total. The van der Waals surface area contributed by atoms with Gasteiger partial charge in [0.05, 0.1) is 13.0 Å². The number of benzene rings is 4. The Kier molecular flexibility index (Phi) is 8.95. The minimum atomic E-state index is -0.601. The number of ether oxygens (including phenoxy) is 2. The highest BCUT2D eigenvalue weighted by Gasteiger charge is 2.27. The monoisotopic (exact) mass is 496 g/mol. The molecule has 36 heavy (non-hydrogen) atoms. The molecule has 0 spiro atoms. The van der Waals surface area contributed by atoms with Crippen LogP contribution < -0.4 is 0 Å². The molecule has 0 aromatic heterocycles. The Morgan fingerprint density at radius 1 is 0.722 bits per heavy atom. The maximum atomic E-state index is 13.3. The van der Waals surface area contributed by atoms with Crippen LogP contribution >= 0.6 is 11.8 Å². The third-order valence-electron chi connectivity index (χ3n) is 5.62. The van der Waals surface area contributed by atoms with Crippen molar-refractivity contribution in [3.63, 3.8) is 0 Å². The largest absolute Gasteiger partial charge is 0.465 e. The van der Waals surface area contributed by atoms with E-state index >= 15 is 0 Å². The van der Waals surface area contributed by atoms with Gasteiger partial charge in [-0.25, -0.2) is 0 Å². The summed E-state index contributed by atoms with van der Waals surface area (Å²) >= 11 is 1.41. The van der Waals surface area contributed by atoms with E-state index in [9.17, 15) is 9.59 Å². The van der Waals surface area contributed by atoms with Crippen molar-refractivity contribution in [2.45, 2.75) is 29.6 Å². The van der Waals surface area contributed by atoms with Gasteiger partial charge in [0, 0.05) is 4.90 Å². The summed E-state index contributed by atoms with van der Waals surface area (Å²) in [6.07, 6.45) is -0.482. The van der Waals surface area contributed by atoms with Crippen molar-refractivity contribution >= 4 is 23.7 Å². The van der Waals surface area contributed by atoms with Gasteiger partial charge in [-0.2, -0.15) is 0 Å². The van der Waals surface area contributed by atoms with Gasteiger partial charge in [-0.3, -0.25) is 9.59 Å². The SMILES string of the molecule is CCOC(=O)C(Sc1ccccc1)c1ccccc1CC(=O)OC(c1ccccc1)c1ccccc1. The van der Waals surface area contributed by atoms with E-state index < -0.39 is 11.4 Å². The van der Waals surface area contributed by atoms with Gasteiger partial charge in [0.15, 0.2) is 6.10 Å². The summed E-state index contributed by atoms with van der Waals surface area (Å²) in [5.41, 5.74) is 3.28. The topological polar surface area (TPSA) is 52.6 Å². The van der Waals surface area contributed by atoms with Crippen molar-refractivity contribution in [2.75, 3.05) is 6.61 Å². The van der Waals surface area contributed by atoms with E-state index in [0.29, 0.717) is 0 Å². The Labute approximate surface area is 216 Å². The summed E-state index contributed by atoms with van der Waals surface area (Å²) < 4.78 is 11.4. The number of esters is 2.